The minimum Gasteiger partial charge on any atom is -0.467 e. The molecule has 1 heterocycles. The summed E-state index contributed by atoms with van der Waals surface area (Å²) in [6.07, 6.45) is 3.98. The number of aliphatic hydroxyl groups is 1. The zero-order valence-electron chi connectivity index (χ0n) is 11.6. The summed E-state index contributed by atoms with van der Waals surface area (Å²) >= 11 is 1.61. The van der Waals surface area contributed by atoms with Crippen LogP contribution in [-0.4, -0.2) is 41.1 Å². The van der Waals surface area contributed by atoms with Gasteiger partial charge in [-0.2, -0.15) is 11.8 Å². The summed E-state index contributed by atoms with van der Waals surface area (Å²) in [7, 11) is 0. The van der Waals surface area contributed by atoms with E-state index in [-0.39, 0.29) is 13.1 Å². The second-order valence-electron chi connectivity index (χ2n) is 4.68. The van der Waals surface area contributed by atoms with Gasteiger partial charge in [-0.05, 0) is 37.5 Å². The van der Waals surface area contributed by atoms with Gasteiger partial charge in [0.25, 0.3) is 0 Å². The van der Waals surface area contributed by atoms with Gasteiger partial charge in [0.1, 0.15) is 5.76 Å². The number of thioether (sulfide) groups is 1. The summed E-state index contributed by atoms with van der Waals surface area (Å²) in [6.45, 7) is 1.83. The molecule has 0 saturated heterocycles. The molecule has 0 aliphatic heterocycles. The molecule has 0 aromatic carbocycles. The first-order valence-corrected chi connectivity index (χ1v) is 7.64. The average molecular weight is 300 g/mol. The number of rotatable bonds is 7. The van der Waals surface area contributed by atoms with E-state index in [1.165, 1.54) is 6.26 Å². The monoisotopic (exact) mass is 300 g/mol. The molecule has 0 radical (unpaired) electrons. The van der Waals surface area contributed by atoms with E-state index in [4.69, 9.17) is 4.42 Å². The first kappa shape index (κ1) is 16.6. The molecule has 0 fully saturated rings. The fourth-order valence-corrected chi connectivity index (χ4v) is 2.07. The largest absolute Gasteiger partial charge is 0.467 e. The van der Waals surface area contributed by atoms with Crippen molar-refractivity contribution in [3.05, 3.63) is 24.2 Å². The highest BCUT2D eigenvalue weighted by atomic mass is 32.2. The van der Waals surface area contributed by atoms with Crippen LogP contribution in [0.5, 0.6) is 0 Å². The molecular formula is C13H20N2O4S. The summed E-state index contributed by atoms with van der Waals surface area (Å²) in [4.78, 5) is 23.1. The summed E-state index contributed by atoms with van der Waals surface area (Å²) in [6, 6.07) is 3.40. The van der Waals surface area contributed by atoms with Crippen LogP contribution in [0.2, 0.25) is 0 Å². The first-order chi connectivity index (χ1) is 9.44. The zero-order chi connectivity index (χ0) is 15.0. The predicted molar refractivity (Wildman–Crippen MR) is 77.2 cm³/mol. The second-order valence-corrected chi connectivity index (χ2v) is 5.67. The molecule has 3 N–H and O–H groups in total. The molecule has 7 heteroatoms. The SMILES string of the molecule is CSCC[C@](C)(O)CNC(=O)C(=O)NCc1ccco1. The third-order valence-electron chi connectivity index (χ3n) is 2.68. The van der Waals surface area contributed by atoms with Crippen molar-refractivity contribution < 1.29 is 19.1 Å². The van der Waals surface area contributed by atoms with E-state index in [1.807, 2.05) is 6.26 Å². The molecule has 1 aromatic heterocycles. The maximum Gasteiger partial charge on any atom is 0.309 e. The molecule has 0 aliphatic rings. The fourth-order valence-electron chi connectivity index (χ4n) is 1.42. The maximum absolute atomic E-state index is 11.6. The van der Waals surface area contributed by atoms with Gasteiger partial charge >= 0.3 is 11.8 Å². The Balaban J connectivity index is 2.29. The highest BCUT2D eigenvalue weighted by Gasteiger charge is 2.22. The third kappa shape index (κ3) is 6.12. The van der Waals surface area contributed by atoms with Crippen LogP contribution < -0.4 is 10.6 Å². The van der Waals surface area contributed by atoms with Crippen molar-refractivity contribution in [3.8, 4) is 0 Å². The van der Waals surface area contributed by atoms with Crippen molar-refractivity contribution in [2.45, 2.75) is 25.5 Å². The smallest absolute Gasteiger partial charge is 0.309 e. The van der Waals surface area contributed by atoms with Crippen LogP contribution in [0.3, 0.4) is 0 Å². The van der Waals surface area contributed by atoms with Crippen molar-refractivity contribution >= 4 is 23.6 Å². The lowest BCUT2D eigenvalue weighted by atomic mass is 10.0. The Morgan fingerprint density at radius 2 is 2.10 bits per heavy atom. The standard InChI is InChI=1S/C13H20N2O4S/c1-13(18,5-7-20-2)9-15-12(17)11(16)14-8-10-4-3-6-19-10/h3-4,6,18H,5,7-9H2,1-2H3,(H,14,16)(H,15,17)/t13-/m0/s1. The highest BCUT2D eigenvalue weighted by Crippen LogP contribution is 2.11. The molecule has 0 aliphatic carbocycles. The van der Waals surface area contributed by atoms with Gasteiger partial charge in [-0.1, -0.05) is 0 Å². The van der Waals surface area contributed by atoms with Crippen molar-refractivity contribution in [2.75, 3.05) is 18.6 Å². The van der Waals surface area contributed by atoms with Crippen LogP contribution in [0, 0.1) is 0 Å². The van der Waals surface area contributed by atoms with Gasteiger partial charge in [0, 0.05) is 6.54 Å². The molecule has 1 aromatic rings. The van der Waals surface area contributed by atoms with E-state index >= 15 is 0 Å². The predicted octanol–water partition coefficient (Wildman–Crippen LogP) is 0.516. The Labute approximate surface area is 122 Å². The van der Waals surface area contributed by atoms with E-state index < -0.39 is 17.4 Å². The Kier molecular flexibility index (Phi) is 6.60. The molecule has 0 unspecified atom stereocenters. The van der Waals surface area contributed by atoms with E-state index in [2.05, 4.69) is 10.6 Å². The molecular weight excluding hydrogens is 280 g/mol. The van der Waals surface area contributed by atoms with Crippen molar-refractivity contribution in [1.29, 1.82) is 0 Å². The lowest BCUT2D eigenvalue weighted by Gasteiger charge is -2.22. The summed E-state index contributed by atoms with van der Waals surface area (Å²) in [5.74, 6) is -0.158. The minimum atomic E-state index is -1.01. The molecule has 1 atom stereocenters. The Hall–Kier alpha value is -1.47. The van der Waals surface area contributed by atoms with Crippen molar-refractivity contribution in [2.24, 2.45) is 0 Å². The minimum absolute atomic E-state index is 0.0422. The van der Waals surface area contributed by atoms with Gasteiger partial charge in [-0.25, -0.2) is 0 Å². The van der Waals surface area contributed by atoms with Gasteiger partial charge in [-0.15, -0.1) is 0 Å². The van der Waals surface area contributed by atoms with Crippen LogP contribution in [0.25, 0.3) is 0 Å². The zero-order valence-corrected chi connectivity index (χ0v) is 12.5. The van der Waals surface area contributed by atoms with E-state index in [9.17, 15) is 14.7 Å². The molecule has 112 valence electrons. The average Bonchev–Trinajstić information content (AvgIpc) is 2.93. The summed E-state index contributed by atoms with van der Waals surface area (Å²) in [5, 5.41) is 14.8. The number of hydrogen-bond acceptors (Lipinski definition) is 5. The topological polar surface area (TPSA) is 91.6 Å². The van der Waals surface area contributed by atoms with Gasteiger partial charge in [0.2, 0.25) is 0 Å². The van der Waals surface area contributed by atoms with Gasteiger partial charge < -0.3 is 20.2 Å². The lowest BCUT2D eigenvalue weighted by molar-refractivity contribution is -0.139. The number of hydrogen-bond donors (Lipinski definition) is 3. The Bertz CT molecular complexity index is 432. The quantitative estimate of drug-likeness (QED) is 0.638. The Morgan fingerprint density at radius 3 is 2.70 bits per heavy atom. The fraction of sp³-hybridized carbons (Fsp3) is 0.538. The van der Waals surface area contributed by atoms with Crippen LogP contribution in [-0.2, 0) is 16.1 Å². The second kappa shape index (κ2) is 7.96. The number of furan rings is 1. The van der Waals surface area contributed by atoms with Crippen molar-refractivity contribution in [3.63, 3.8) is 0 Å². The van der Waals surface area contributed by atoms with E-state index in [0.29, 0.717) is 12.2 Å². The van der Waals surface area contributed by atoms with Crippen LogP contribution in [0.4, 0.5) is 0 Å². The lowest BCUT2D eigenvalue weighted by Crippen LogP contribution is -2.46. The molecule has 0 saturated carbocycles. The molecule has 0 bridgehead atoms. The maximum atomic E-state index is 11.6. The Morgan fingerprint density at radius 1 is 1.40 bits per heavy atom. The van der Waals surface area contributed by atoms with E-state index in [1.54, 1.807) is 30.8 Å². The molecule has 20 heavy (non-hydrogen) atoms. The summed E-state index contributed by atoms with van der Waals surface area (Å²) < 4.78 is 5.03. The van der Waals surface area contributed by atoms with Crippen molar-refractivity contribution in [1.82, 2.24) is 10.6 Å². The number of carbonyl (C=O) groups excluding carboxylic acids is 2. The van der Waals surface area contributed by atoms with Gasteiger partial charge in [0.05, 0.1) is 18.4 Å². The normalized spacial score (nSPS) is 13.6. The van der Waals surface area contributed by atoms with Crippen LogP contribution >= 0.6 is 11.8 Å². The van der Waals surface area contributed by atoms with Crippen LogP contribution in [0.15, 0.2) is 22.8 Å². The third-order valence-corrected chi connectivity index (χ3v) is 3.30. The van der Waals surface area contributed by atoms with Gasteiger partial charge in [0.15, 0.2) is 0 Å². The number of amides is 2. The molecule has 6 nitrogen and oxygen atoms in total. The first-order valence-electron chi connectivity index (χ1n) is 6.24. The van der Waals surface area contributed by atoms with Gasteiger partial charge in [-0.3, -0.25) is 9.59 Å². The summed E-state index contributed by atoms with van der Waals surface area (Å²) in [5.41, 5.74) is -1.01. The molecule has 1 rings (SSSR count). The number of carbonyl (C=O) groups is 2. The highest BCUT2D eigenvalue weighted by molar-refractivity contribution is 7.98. The van der Waals surface area contributed by atoms with Crippen LogP contribution in [0.1, 0.15) is 19.1 Å². The molecule has 0 spiro atoms. The number of nitrogens with one attached hydrogen (secondary N) is 2. The molecule has 2 amide bonds. The van der Waals surface area contributed by atoms with E-state index in [0.717, 1.165) is 5.75 Å².